The normalized spacial score (nSPS) is 11.3. The Morgan fingerprint density at radius 1 is 1.12 bits per heavy atom. The largest absolute Gasteiger partial charge is 0.465 e. The first-order chi connectivity index (χ1) is 12.3. The Hall–Kier alpha value is -2.45. The Balaban J connectivity index is 2.05. The molecule has 0 bridgehead atoms. The summed E-state index contributed by atoms with van der Waals surface area (Å²) in [4.78, 5) is 16.0. The number of hydrogen-bond acceptors (Lipinski definition) is 6. The standard InChI is InChI=1S/C18H14BrNO5S/c1-11-6-7-12-4-3-5-16(17(12)20-11)25-26(22,23)13-8-9-15(19)14(10-13)18(21)24-2/h3-10H,1-2H3. The number of rotatable bonds is 4. The lowest BCUT2D eigenvalue weighted by Gasteiger charge is -2.11. The van der Waals surface area contributed by atoms with Crippen molar-refractivity contribution in [2.75, 3.05) is 7.11 Å². The van der Waals surface area contributed by atoms with Crippen LogP contribution in [0.2, 0.25) is 0 Å². The third kappa shape index (κ3) is 3.56. The second-order valence-corrected chi connectivity index (χ2v) is 7.85. The van der Waals surface area contributed by atoms with E-state index in [1.54, 1.807) is 6.07 Å². The van der Waals surface area contributed by atoms with Crippen molar-refractivity contribution in [3.8, 4) is 5.75 Å². The molecule has 1 aromatic heterocycles. The molecule has 26 heavy (non-hydrogen) atoms. The maximum Gasteiger partial charge on any atom is 0.339 e. The summed E-state index contributed by atoms with van der Waals surface area (Å²) in [5.74, 6) is -0.537. The van der Waals surface area contributed by atoms with Gasteiger partial charge in [-0.15, -0.1) is 0 Å². The van der Waals surface area contributed by atoms with Crippen LogP contribution in [0.15, 0.2) is 57.9 Å². The van der Waals surface area contributed by atoms with E-state index in [1.807, 2.05) is 25.1 Å². The molecule has 0 unspecified atom stereocenters. The number of ether oxygens (including phenoxy) is 1. The van der Waals surface area contributed by atoms with Crippen LogP contribution in [0.3, 0.4) is 0 Å². The van der Waals surface area contributed by atoms with Gasteiger partial charge in [0.15, 0.2) is 5.75 Å². The number of aryl methyl sites for hydroxylation is 1. The highest BCUT2D eigenvalue weighted by Crippen LogP contribution is 2.28. The van der Waals surface area contributed by atoms with Crippen LogP contribution < -0.4 is 4.18 Å². The maximum atomic E-state index is 12.7. The molecule has 2 aromatic carbocycles. The summed E-state index contributed by atoms with van der Waals surface area (Å²) in [6, 6.07) is 12.7. The van der Waals surface area contributed by atoms with Crippen LogP contribution >= 0.6 is 15.9 Å². The third-order valence-corrected chi connectivity index (χ3v) is 5.58. The van der Waals surface area contributed by atoms with Gasteiger partial charge in [0.1, 0.15) is 10.4 Å². The van der Waals surface area contributed by atoms with E-state index in [-0.39, 0.29) is 16.2 Å². The Labute approximate surface area is 159 Å². The zero-order chi connectivity index (χ0) is 18.9. The summed E-state index contributed by atoms with van der Waals surface area (Å²) < 4.78 is 35.8. The molecular weight excluding hydrogens is 422 g/mol. The molecule has 0 fully saturated rings. The molecule has 6 nitrogen and oxygen atoms in total. The molecule has 0 saturated carbocycles. The van der Waals surface area contributed by atoms with Gasteiger partial charge in [-0.25, -0.2) is 9.78 Å². The van der Waals surface area contributed by atoms with Crippen molar-refractivity contribution in [3.05, 3.63) is 64.3 Å². The van der Waals surface area contributed by atoms with Crippen LogP contribution in [0.25, 0.3) is 10.9 Å². The molecular formula is C18H14BrNO5S. The lowest BCUT2D eigenvalue weighted by atomic mass is 10.2. The van der Waals surface area contributed by atoms with E-state index in [2.05, 4.69) is 25.7 Å². The number of para-hydroxylation sites is 1. The summed E-state index contributed by atoms with van der Waals surface area (Å²) in [5, 5.41) is 0.759. The first-order valence-corrected chi connectivity index (χ1v) is 9.70. The summed E-state index contributed by atoms with van der Waals surface area (Å²) in [7, 11) is -2.95. The van der Waals surface area contributed by atoms with Gasteiger partial charge < -0.3 is 8.92 Å². The predicted molar refractivity (Wildman–Crippen MR) is 99.8 cm³/mol. The maximum absolute atomic E-state index is 12.7. The van der Waals surface area contributed by atoms with E-state index < -0.39 is 16.1 Å². The molecule has 0 N–H and O–H groups in total. The van der Waals surface area contributed by atoms with Gasteiger partial charge in [-0.1, -0.05) is 18.2 Å². The molecule has 134 valence electrons. The smallest absolute Gasteiger partial charge is 0.339 e. The van der Waals surface area contributed by atoms with Crippen LogP contribution in [0.4, 0.5) is 0 Å². The van der Waals surface area contributed by atoms with Gasteiger partial charge in [-0.2, -0.15) is 8.42 Å². The number of hydrogen-bond donors (Lipinski definition) is 0. The Morgan fingerprint density at radius 3 is 2.62 bits per heavy atom. The van der Waals surface area contributed by atoms with Crippen LogP contribution in [-0.2, 0) is 14.9 Å². The van der Waals surface area contributed by atoms with Crippen molar-refractivity contribution in [2.24, 2.45) is 0 Å². The van der Waals surface area contributed by atoms with Crippen LogP contribution in [0.5, 0.6) is 5.75 Å². The fraction of sp³-hybridized carbons (Fsp3) is 0.111. The topological polar surface area (TPSA) is 82.6 Å². The van der Waals surface area contributed by atoms with E-state index >= 15 is 0 Å². The van der Waals surface area contributed by atoms with Crippen molar-refractivity contribution in [2.45, 2.75) is 11.8 Å². The van der Waals surface area contributed by atoms with Crippen molar-refractivity contribution in [1.29, 1.82) is 0 Å². The average Bonchev–Trinajstić information content (AvgIpc) is 2.61. The summed E-state index contributed by atoms with van der Waals surface area (Å²) in [5.41, 5.74) is 1.27. The zero-order valence-corrected chi connectivity index (χ0v) is 16.3. The average molecular weight is 436 g/mol. The van der Waals surface area contributed by atoms with Crippen molar-refractivity contribution >= 4 is 42.9 Å². The third-order valence-electron chi connectivity index (χ3n) is 3.65. The molecule has 0 aliphatic carbocycles. The molecule has 0 radical (unpaired) electrons. The van der Waals surface area contributed by atoms with Crippen molar-refractivity contribution < 1.29 is 22.1 Å². The number of pyridine rings is 1. The van der Waals surface area contributed by atoms with E-state index in [1.165, 1.54) is 31.4 Å². The minimum atomic E-state index is -4.17. The van der Waals surface area contributed by atoms with E-state index in [9.17, 15) is 13.2 Å². The first kappa shape index (κ1) is 18.3. The van der Waals surface area contributed by atoms with Gasteiger partial charge in [-0.3, -0.25) is 0 Å². The minimum Gasteiger partial charge on any atom is -0.465 e. The SMILES string of the molecule is COC(=O)c1cc(S(=O)(=O)Oc2cccc3ccc(C)nc23)ccc1Br. The monoisotopic (exact) mass is 435 g/mol. The fourth-order valence-electron chi connectivity index (χ4n) is 2.38. The van der Waals surface area contributed by atoms with Gasteiger partial charge >= 0.3 is 16.1 Å². The van der Waals surface area contributed by atoms with Gasteiger partial charge in [0.05, 0.1) is 12.7 Å². The number of nitrogens with zero attached hydrogens (tertiary/aromatic N) is 1. The molecule has 8 heteroatoms. The molecule has 0 aliphatic heterocycles. The molecule has 0 spiro atoms. The molecule has 0 saturated heterocycles. The van der Waals surface area contributed by atoms with Gasteiger partial charge in [-0.05, 0) is 53.2 Å². The fourth-order valence-corrected chi connectivity index (χ4v) is 3.75. The quantitative estimate of drug-likeness (QED) is 0.456. The molecule has 0 aliphatic rings. The van der Waals surface area contributed by atoms with Crippen LogP contribution in [0.1, 0.15) is 16.1 Å². The zero-order valence-electron chi connectivity index (χ0n) is 13.9. The molecule has 1 heterocycles. The van der Waals surface area contributed by atoms with E-state index in [0.717, 1.165) is 11.1 Å². The first-order valence-electron chi connectivity index (χ1n) is 7.50. The number of esters is 1. The van der Waals surface area contributed by atoms with Crippen LogP contribution in [-0.4, -0.2) is 26.5 Å². The highest BCUT2D eigenvalue weighted by molar-refractivity contribution is 9.10. The van der Waals surface area contributed by atoms with E-state index in [0.29, 0.717) is 9.99 Å². The van der Waals surface area contributed by atoms with Crippen molar-refractivity contribution in [1.82, 2.24) is 4.98 Å². The van der Waals surface area contributed by atoms with E-state index in [4.69, 9.17) is 4.18 Å². The van der Waals surface area contributed by atoms with Gasteiger partial charge in [0, 0.05) is 15.6 Å². The van der Waals surface area contributed by atoms with Gasteiger partial charge in [0.25, 0.3) is 0 Å². The molecule has 3 rings (SSSR count). The summed E-state index contributed by atoms with van der Waals surface area (Å²) in [6.07, 6.45) is 0. The molecule has 0 atom stereocenters. The number of benzene rings is 2. The Morgan fingerprint density at radius 2 is 1.88 bits per heavy atom. The van der Waals surface area contributed by atoms with Crippen molar-refractivity contribution in [3.63, 3.8) is 0 Å². The number of fused-ring (bicyclic) bond motifs is 1. The Bertz CT molecular complexity index is 1110. The summed E-state index contributed by atoms with van der Waals surface area (Å²) >= 11 is 3.20. The minimum absolute atomic E-state index is 0.0871. The second-order valence-electron chi connectivity index (χ2n) is 5.45. The highest BCUT2D eigenvalue weighted by Gasteiger charge is 2.22. The lowest BCUT2D eigenvalue weighted by molar-refractivity contribution is 0.0599. The summed E-state index contributed by atoms with van der Waals surface area (Å²) in [6.45, 7) is 1.81. The highest BCUT2D eigenvalue weighted by atomic mass is 79.9. The number of halogens is 1. The number of carbonyl (C=O) groups excluding carboxylic acids is 1. The lowest BCUT2D eigenvalue weighted by Crippen LogP contribution is -2.12. The van der Waals surface area contributed by atoms with Gasteiger partial charge in [0.2, 0.25) is 0 Å². The Kier molecular flexibility index (Phi) is 4.97. The number of carbonyl (C=O) groups is 1. The predicted octanol–water partition coefficient (Wildman–Crippen LogP) is 3.86. The second kappa shape index (κ2) is 7.05. The molecule has 0 amide bonds. The van der Waals surface area contributed by atoms with Crippen LogP contribution in [0, 0.1) is 6.92 Å². The number of aromatic nitrogens is 1. The number of methoxy groups -OCH3 is 1. The molecule has 3 aromatic rings.